The van der Waals surface area contributed by atoms with E-state index < -0.39 is 0 Å². The van der Waals surface area contributed by atoms with Crippen molar-refractivity contribution in [1.82, 2.24) is 9.78 Å². The van der Waals surface area contributed by atoms with E-state index in [2.05, 4.69) is 10.3 Å². The number of aromatic nitrogens is 2. The highest BCUT2D eigenvalue weighted by atomic mass is 16.6. The zero-order valence-corrected chi connectivity index (χ0v) is 14.4. The Bertz CT molecular complexity index is 797. The lowest BCUT2D eigenvalue weighted by atomic mass is 10.1. The molecule has 2 aromatic carbocycles. The number of oxime groups is 1. The molecule has 25 heavy (non-hydrogen) atoms. The second kappa shape index (κ2) is 8.15. The highest BCUT2D eigenvalue weighted by Crippen LogP contribution is 2.29. The molecule has 0 saturated heterocycles. The van der Waals surface area contributed by atoms with Crippen LogP contribution in [0.3, 0.4) is 0 Å². The minimum absolute atomic E-state index is 0.0834. The lowest BCUT2D eigenvalue weighted by molar-refractivity contribution is 0.0856. The molecule has 1 aliphatic heterocycles. The first kappa shape index (κ1) is 16.8. The molecular weight excluding hydrogens is 314 g/mol. The summed E-state index contributed by atoms with van der Waals surface area (Å²) in [5.41, 5.74) is 1.07. The van der Waals surface area contributed by atoms with Crippen molar-refractivity contribution in [2.24, 2.45) is 5.16 Å². The Labute approximate surface area is 147 Å². The van der Waals surface area contributed by atoms with Crippen LogP contribution >= 0.6 is 0 Å². The second-order valence-electron chi connectivity index (χ2n) is 5.24. The van der Waals surface area contributed by atoms with Gasteiger partial charge in [0.05, 0.1) is 6.42 Å². The molecule has 1 aliphatic rings. The molecule has 0 N–H and O–H groups in total. The summed E-state index contributed by atoms with van der Waals surface area (Å²) in [6.07, 6.45) is 4.20. The summed E-state index contributed by atoms with van der Waals surface area (Å²) in [5, 5.41) is 8.29. The lowest BCUT2D eigenvalue weighted by Gasteiger charge is -2.10. The van der Waals surface area contributed by atoms with Crippen molar-refractivity contribution in [3.05, 3.63) is 78.6 Å². The Balaban J connectivity index is 0.000000880. The lowest BCUT2D eigenvalue weighted by Crippen LogP contribution is -2.10. The quantitative estimate of drug-likeness (QED) is 0.675. The standard InChI is InChI=1S/C18H15N3O2.C2H6/c1-2-5-15(6-3-1)22-16-9-7-14(8-10-16)17-13-18(20-23-17)21-12-4-11-19-21;1-2/h1-12,17H,13H2;1-2H3/t17-;/m1./s1. The molecule has 128 valence electrons. The first-order chi connectivity index (χ1) is 12.4. The topological polar surface area (TPSA) is 48.6 Å². The van der Waals surface area contributed by atoms with E-state index in [4.69, 9.17) is 9.57 Å². The molecule has 1 atom stereocenters. The number of para-hydroxylation sites is 1. The van der Waals surface area contributed by atoms with Crippen LogP contribution < -0.4 is 4.74 Å². The van der Waals surface area contributed by atoms with Crippen LogP contribution in [0, 0.1) is 0 Å². The Kier molecular flexibility index (Phi) is 5.46. The molecule has 3 aromatic rings. The first-order valence-corrected chi connectivity index (χ1v) is 8.44. The van der Waals surface area contributed by atoms with Gasteiger partial charge in [-0.2, -0.15) is 5.10 Å². The molecule has 5 nitrogen and oxygen atoms in total. The number of hydrogen-bond acceptors (Lipinski definition) is 4. The maximum atomic E-state index is 5.79. The van der Waals surface area contributed by atoms with Gasteiger partial charge in [0.2, 0.25) is 0 Å². The molecule has 0 radical (unpaired) electrons. The Hall–Kier alpha value is -3.08. The summed E-state index contributed by atoms with van der Waals surface area (Å²) < 4.78 is 7.52. The van der Waals surface area contributed by atoms with Crippen molar-refractivity contribution in [3.8, 4) is 11.5 Å². The van der Waals surface area contributed by atoms with Gasteiger partial charge in [-0.25, -0.2) is 4.68 Å². The van der Waals surface area contributed by atoms with Crippen LogP contribution in [0.15, 0.2) is 78.2 Å². The molecule has 0 bridgehead atoms. The van der Waals surface area contributed by atoms with E-state index in [-0.39, 0.29) is 6.10 Å². The normalized spacial score (nSPS) is 15.6. The van der Waals surface area contributed by atoms with Gasteiger partial charge in [0, 0.05) is 12.4 Å². The van der Waals surface area contributed by atoms with Crippen molar-refractivity contribution in [1.29, 1.82) is 0 Å². The molecule has 4 rings (SSSR count). The first-order valence-electron chi connectivity index (χ1n) is 8.44. The van der Waals surface area contributed by atoms with Crippen LogP contribution in [0.5, 0.6) is 11.5 Å². The summed E-state index contributed by atoms with van der Waals surface area (Å²) in [5.74, 6) is 2.43. The molecule has 0 amide bonds. The molecule has 5 heteroatoms. The second-order valence-corrected chi connectivity index (χ2v) is 5.24. The summed E-state index contributed by atoms with van der Waals surface area (Å²) in [6.45, 7) is 4.00. The minimum Gasteiger partial charge on any atom is -0.457 e. The Morgan fingerprint density at radius 2 is 1.68 bits per heavy atom. The van der Waals surface area contributed by atoms with Crippen molar-refractivity contribution < 1.29 is 9.57 Å². The number of benzene rings is 2. The van der Waals surface area contributed by atoms with Crippen LogP contribution in [0.2, 0.25) is 0 Å². The molecule has 0 spiro atoms. The average Bonchev–Trinajstić information content (AvgIpc) is 3.37. The molecule has 1 aromatic heterocycles. The Morgan fingerprint density at radius 1 is 0.960 bits per heavy atom. The van der Waals surface area contributed by atoms with Crippen molar-refractivity contribution in [2.45, 2.75) is 26.4 Å². The van der Waals surface area contributed by atoms with Gasteiger partial charge in [-0.15, -0.1) is 0 Å². The van der Waals surface area contributed by atoms with E-state index in [9.17, 15) is 0 Å². The number of hydrogen-bond donors (Lipinski definition) is 0. The number of ether oxygens (including phenoxy) is 1. The largest absolute Gasteiger partial charge is 0.457 e. The molecule has 0 unspecified atom stereocenters. The Morgan fingerprint density at radius 3 is 2.36 bits per heavy atom. The molecule has 0 aliphatic carbocycles. The van der Waals surface area contributed by atoms with Gasteiger partial charge in [-0.05, 0) is 35.9 Å². The van der Waals surface area contributed by atoms with Gasteiger partial charge >= 0.3 is 0 Å². The van der Waals surface area contributed by atoms with Crippen LogP contribution in [0.1, 0.15) is 31.9 Å². The van der Waals surface area contributed by atoms with Gasteiger partial charge in [-0.3, -0.25) is 0 Å². The molecule has 0 saturated carbocycles. The fourth-order valence-electron chi connectivity index (χ4n) is 2.48. The third kappa shape index (κ3) is 4.07. The van der Waals surface area contributed by atoms with Gasteiger partial charge in [0.15, 0.2) is 11.9 Å². The number of nitrogens with zero attached hydrogens (tertiary/aromatic N) is 3. The minimum atomic E-state index is -0.0834. The average molecular weight is 335 g/mol. The van der Waals surface area contributed by atoms with Gasteiger partial charge in [-0.1, -0.05) is 49.3 Å². The zero-order valence-electron chi connectivity index (χ0n) is 14.4. The van der Waals surface area contributed by atoms with Gasteiger partial charge in [0.25, 0.3) is 0 Å². The van der Waals surface area contributed by atoms with E-state index in [0.717, 1.165) is 22.9 Å². The van der Waals surface area contributed by atoms with E-state index in [0.29, 0.717) is 6.42 Å². The van der Waals surface area contributed by atoms with Gasteiger partial charge < -0.3 is 9.57 Å². The maximum absolute atomic E-state index is 5.79. The van der Waals surface area contributed by atoms with Crippen LogP contribution in [-0.2, 0) is 4.84 Å². The van der Waals surface area contributed by atoms with Crippen LogP contribution in [0.4, 0.5) is 0 Å². The molecular formula is C20H21N3O2. The smallest absolute Gasteiger partial charge is 0.173 e. The van der Waals surface area contributed by atoms with Crippen molar-refractivity contribution >= 4 is 5.84 Å². The molecule has 0 fully saturated rings. The van der Waals surface area contributed by atoms with Crippen molar-refractivity contribution in [3.63, 3.8) is 0 Å². The predicted octanol–water partition coefficient (Wildman–Crippen LogP) is 5.02. The third-order valence-electron chi connectivity index (χ3n) is 3.65. The zero-order chi connectivity index (χ0) is 17.5. The SMILES string of the molecule is CC.c1ccc(Oc2ccc([C@H]3CC(n4cccn4)=NO3)cc2)cc1. The maximum Gasteiger partial charge on any atom is 0.173 e. The van der Waals surface area contributed by atoms with E-state index in [1.807, 2.05) is 80.7 Å². The molecule has 2 heterocycles. The summed E-state index contributed by atoms with van der Waals surface area (Å²) >= 11 is 0. The van der Waals surface area contributed by atoms with Crippen LogP contribution in [0.25, 0.3) is 0 Å². The number of rotatable bonds is 3. The monoisotopic (exact) mass is 335 g/mol. The summed E-state index contributed by atoms with van der Waals surface area (Å²) in [4.78, 5) is 5.52. The van der Waals surface area contributed by atoms with Crippen molar-refractivity contribution in [2.75, 3.05) is 0 Å². The fourth-order valence-corrected chi connectivity index (χ4v) is 2.48. The third-order valence-corrected chi connectivity index (χ3v) is 3.65. The predicted molar refractivity (Wildman–Crippen MR) is 97.8 cm³/mol. The van der Waals surface area contributed by atoms with E-state index in [1.165, 1.54) is 0 Å². The van der Waals surface area contributed by atoms with E-state index >= 15 is 0 Å². The fraction of sp³-hybridized carbons (Fsp3) is 0.200. The highest BCUT2D eigenvalue weighted by molar-refractivity contribution is 5.84. The van der Waals surface area contributed by atoms with Crippen LogP contribution in [-0.4, -0.2) is 15.6 Å². The van der Waals surface area contributed by atoms with Gasteiger partial charge in [0.1, 0.15) is 11.5 Å². The van der Waals surface area contributed by atoms with E-state index in [1.54, 1.807) is 10.9 Å². The highest BCUT2D eigenvalue weighted by Gasteiger charge is 2.24. The summed E-state index contributed by atoms with van der Waals surface area (Å²) in [7, 11) is 0. The summed E-state index contributed by atoms with van der Waals surface area (Å²) in [6, 6.07) is 19.5.